The largest absolute Gasteiger partial charge is 0.431 e. The maximum atomic E-state index is 13.0. The second-order valence-corrected chi connectivity index (χ2v) is 7.59. The van der Waals surface area contributed by atoms with Gasteiger partial charge in [-0.15, -0.1) is 0 Å². The SMILES string of the molecule is Cn1c(C(F)(F)F)cc(=O)n(-c2ccc3snc(C(C#N)=CC4CC4)c3c2)c1=O. The molecule has 1 aliphatic rings. The maximum absolute atomic E-state index is 13.0. The molecule has 0 unspecified atom stereocenters. The predicted octanol–water partition coefficient (Wildman–Crippen LogP) is 3.48. The molecule has 0 saturated heterocycles. The zero-order valence-corrected chi connectivity index (χ0v) is 15.8. The standard InChI is InChI=1S/C19H13F3N4O2S/c1-25-15(19(20,21)22)8-16(27)26(18(25)28)12-4-5-14-13(7-12)17(24-29-14)11(9-23)6-10-2-3-10/h4-8,10H,2-3H2,1H3. The molecule has 0 spiro atoms. The van der Waals surface area contributed by atoms with Crippen molar-refractivity contribution in [2.24, 2.45) is 13.0 Å². The summed E-state index contributed by atoms with van der Waals surface area (Å²) < 4.78 is 45.3. The highest BCUT2D eigenvalue weighted by Gasteiger charge is 2.35. The van der Waals surface area contributed by atoms with E-state index < -0.39 is 23.1 Å². The molecule has 4 rings (SSSR count). The van der Waals surface area contributed by atoms with Crippen LogP contribution in [0.5, 0.6) is 0 Å². The van der Waals surface area contributed by atoms with Crippen molar-refractivity contribution in [3.8, 4) is 11.8 Å². The summed E-state index contributed by atoms with van der Waals surface area (Å²) in [5, 5.41) is 10.0. The number of rotatable bonds is 3. The van der Waals surface area contributed by atoms with Crippen molar-refractivity contribution in [1.82, 2.24) is 13.5 Å². The van der Waals surface area contributed by atoms with Crippen LogP contribution >= 0.6 is 11.5 Å². The van der Waals surface area contributed by atoms with Crippen LogP contribution in [0, 0.1) is 17.2 Å². The Kier molecular flexibility index (Phi) is 4.42. The number of benzene rings is 1. The van der Waals surface area contributed by atoms with Crippen molar-refractivity contribution in [3.05, 3.63) is 62.6 Å². The molecule has 1 aliphatic carbocycles. The minimum absolute atomic E-state index is 0.113. The monoisotopic (exact) mass is 418 g/mol. The zero-order chi connectivity index (χ0) is 20.9. The van der Waals surface area contributed by atoms with E-state index >= 15 is 0 Å². The number of halogens is 3. The minimum atomic E-state index is -4.82. The lowest BCUT2D eigenvalue weighted by Crippen LogP contribution is -2.40. The molecule has 0 radical (unpaired) electrons. The molecule has 2 heterocycles. The van der Waals surface area contributed by atoms with Crippen LogP contribution in [0.3, 0.4) is 0 Å². The van der Waals surface area contributed by atoms with Gasteiger partial charge in [0.2, 0.25) is 0 Å². The van der Waals surface area contributed by atoms with Gasteiger partial charge in [0.15, 0.2) is 0 Å². The van der Waals surface area contributed by atoms with E-state index in [-0.39, 0.29) is 5.69 Å². The summed E-state index contributed by atoms with van der Waals surface area (Å²) in [5.41, 5.74) is -2.55. The summed E-state index contributed by atoms with van der Waals surface area (Å²) in [6.45, 7) is 0. The smallest absolute Gasteiger partial charge is 0.292 e. The third kappa shape index (κ3) is 3.38. The van der Waals surface area contributed by atoms with E-state index in [1.807, 2.05) is 6.08 Å². The van der Waals surface area contributed by atoms with E-state index in [2.05, 4.69) is 10.4 Å². The molecule has 0 bridgehead atoms. The van der Waals surface area contributed by atoms with Crippen molar-refractivity contribution in [2.45, 2.75) is 19.0 Å². The first-order valence-electron chi connectivity index (χ1n) is 8.63. The van der Waals surface area contributed by atoms with Gasteiger partial charge in [-0.25, -0.2) is 9.36 Å². The van der Waals surface area contributed by atoms with Crippen molar-refractivity contribution in [1.29, 1.82) is 5.26 Å². The molecule has 1 fully saturated rings. The van der Waals surface area contributed by atoms with Crippen LogP contribution in [-0.4, -0.2) is 13.5 Å². The van der Waals surface area contributed by atoms with E-state index in [0.29, 0.717) is 37.8 Å². The van der Waals surface area contributed by atoms with Gasteiger partial charge in [-0.3, -0.25) is 9.36 Å². The molecule has 1 saturated carbocycles. The van der Waals surface area contributed by atoms with Gasteiger partial charge in [0, 0.05) is 18.5 Å². The van der Waals surface area contributed by atoms with Crippen molar-refractivity contribution < 1.29 is 13.2 Å². The van der Waals surface area contributed by atoms with E-state index in [1.54, 1.807) is 6.07 Å². The Labute approximate surface area is 165 Å². The second kappa shape index (κ2) is 6.70. The molecule has 29 heavy (non-hydrogen) atoms. The molecule has 0 atom stereocenters. The summed E-state index contributed by atoms with van der Waals surface area (Å²) in [6.07, 6.45) is -0.953. The predicted molar refractivity (Wildman–Crippen MR) is 102 cm³/mol. The van der Waals surface area contributed by atoms with Crippen molar-refractivity contribution in [2.75, 3.05) is 0 Å². The molecule has 2 aromatic heterocycles. The molecular formula is C19H13F3N4O2S. The van der Waals surface area contributed by atoms with Gasteiger partial charge in [-0.2, -0.15) is 22.8 Å². The van der Waals surface area contributed by atoms with Crippen LogP contribution < -0.4 is 11.2 Å². The summed E-state index contributed by atoms with van der Waals surface area (Å²) in [4.78, 5) is 24.8. The van der Waals surface area contributed by atoms with Gasteiger partial charge < -0.3 is 0 Å². The Morgan fingerprint density at radius 2 is 2.03 bits per heavy atom. The Balaban J connectivity index is 1.91. The highest BCUT2D eigenvalue weighted by molar-refractivity contribution is 7.13. The number of hydrogen-bond acceptors (Lipinski definition) is 5. The first-order chi connectivity index (χ1) is 13.7. The van der Waals surface area contributed by atoms with Crippen LogP contribution in [0.4, 0.5) is 13.2 Å². The van der Waals surface area contributed by atoms with Gasteiger partial charge >= 0.3 is 11.9 Å². The molecule has 0 amide bonds. The molecule has 0 N–H and O–H groups in total. The molecule has 6 nitrogen and oxygen atoms in total. The summed E-state index contributed by atoms with van der Waals surface area (Å²) >= 11 is 1.16. The van der Waals surface area contributed by atoms with Crippen molar-refractivity contribution >= 4 is 27.2 Å². The lowest BCUT2D eigenvalue weighted by molar-refractivity contribution is -0.144. The van der Waals surface area contributed by atoms with Crippen LogP contribution in [-0.2, 0) is 13.2 Å². The number of nitrogens with zero attached hydrogens (tertiary/aromatic N) is 4. The number of hydrogen-bond donors (Lipinski definition) is 0. The van der Waals surface area contributed by atoms with Crippen LogP contribution in [0.25, 0.3) is 21.3 Å². The molecular weight excluding hydrogens is 405 g/mol. The van der Waals surface area contributed by atoms with Gasteiger partial charge in [0.25, 0.3) is 5.56 Å². The second-order valence-electron chi connectivity index (χ2n) is 6.78. The Morgan fingerprint density at radius 1 is 1.31 bits per heavy atom. The fourth-order valence-electron chi connectivity index (χ4n) is 3.06. The highest BCUT2D eigenvalue weighted by atomic mass is 32.1. The summed E-state index contributed by atoms with van der Waals surface area (Å²) in [7, 11) is 0.962. The topological polar surface area (TPSA) is 80.7 Å². The minimum Gasteiger partial charge on any atom is -0.292 e. The average Bonchev–Trinajstić information content (AvgIpc) is 3.39. The fraction of sp³-hybridized carbons (Fsp3) is 0.263. The Bertz CT molecular complexity index is 1320. The van der Waals surface area contributed by atoms with E-state index in [4.69, 9.17) is 0 Å². The number of allylic oxidation sites excluding steroid dienone is 2. The average molecular weight is 418 g/mol. The number of alkyl halides is 3. The van der Waals surface area contributed by atoms with Gasteiger partial charge in [-0.1, -0.05) is 6.08 Å². The Hall–Kier alpha value is -3.19. The molecule has 10 heteroatoms. The normalized spacial score (nSPS) is 14.9. The summed E-state index contributed by atoms with van der Waals surface area (Å²) in [6, 6.07) is 7.12. The molecule has 148 valence electrons. The lowest BCUT2D eigenvalue weighted by Gasteiger charge is -2.14. The number of fused-ring (bicyclic) bond motifs is 1. The van der Waals surface area contributed by atoms with E-state index in [9.17, 15) is 28.0 Å². The molecule has 3 aromatic rings. The number of aromatic nitrogens is 3. The molecule has 1 aromatic carbocycles. The van der Waals surface area contributed by atoms with Gasteiger partial charge in [-0.05, 0) is 48.5 Å². The molecule has 0 aliphatic heterocycles. The zero-order valence-electron chi connectivity index (χ0n) is 15.0. The van der Waals surface area contributed by atoms with Gasteiger partial charge in [0.1, 0.15) is 17.5 Å². The number of nitriles is 1. The van der Waals surface area contributed by atoms with Crippen molar-refractivity contribution in [3.63, 3.8) is 0 Å². The van der Waals surface area contributed by atoms with Gasteiger partial charge in [0.05, 0.1) is 16.0 Å². The summed E-state index contributed by atoms with van der Waals surface area (Å²) in [5.74, 6) is 0.342. The Morgan fingerprint density at radius 3 is 2.66 bits per heavy atom. The fourth-order valence-corrected chi connectivity index (χ4v) is 3.83. The third-order valence-corrected chi connectivity index (χ3v) is 5.55. The lowest BCUT2D eigenvalue weighted by atomic mass is 10.1. The van der Waals surface area contributed by atoms with Crippen LogP contribution in [0.1, 0.15) is 24.2 Å². The van der Waals surface area contributed by atoms with Crippen LogP contribution in [0.15, 0.2) is 39.9 Å². The first kappa shape index (κ1) is 19.1. The quantitative estimate of drug-likeness (QED) is 0.610. The maximum Gasteiger partial charge on any atom is 0.431 e. The van der Waals surface area contributed by atoms with E-state index in [0.717, 1.165) is 36.1 Å². The first-order valence-corrected chi connectivity index (χ1v) is 9.40. The third-order valence-electron chi connectivity index (χ3n) is 4.72. The van der Waals surface area contributed by atoms with Crippen LogP contribution in [0.2, 0.25) is 0 Å². The van der Waals surface area contributed by atoms with E-state index in [1.165, 1.54) is 12.1 Å². The highest BCUT2D eigenvalue weighted by Crippen LogP contribution is 2.36.